The molecule has 100 valence electrons. The lowest BCUT2D eigenvalue weighted by Crippen LogP contribution is -2.04. The molecule has 1 heterocycles. The summed E-state index contributed by atoms with van der Waals surface area (Å²) < 4.78 is 13.6. The number of halogens is 1. The van der Waals surface area contributed by atoms with E-state index < -0.39 is 11.8 Å². The van der Waals surface area contributed by atoms with E-state index >= 15 is 0 Å². The highest BCUT2D eigenvalue weighted by molar-refractivity contribution is 7.12. The number of hydrogen-bond acceptors (Lipinski definition) is 3. The van der Waals surface area contributed by atoms with Crippen molar-refractivity contribution >= 4 is 23.0 Å². The maximum absolute atomic E-state index is 13.6. The van der Waals surface area contributed by atoms with Gasteiger partial charge in [-0.05, 0) is 43.7 Å². The van der Waals surface area contributed by atoms with Crippen LogP contribution in [0.3, 0.4) is 0 Å². The molecule has 1 aromatic heterocycles. The molecule has 2 aromatic rings. The standard InChI is InChI=1S/C14H14FNO2S/c1-8-5-11(9(2)19-8)7-16-13-6-10(14(17)18)3-4-12(13)15/h3-6,16H,7H2,1-2H3,(H,17,18). The molecule has 0 aliphatic rings. The van der Waals surface area contributed by atoms with Crippen LogP contribution >= 0.6 is 11.3 Å². The molecule has 0 aliphatic carbocycles. The Bertz CT molecular complexity index is 622. The summed E-state index contributed by atoms with van der Waals surface area (Å²) in [6.07, 6.45) is 0. The molecular formula is C14H14FNO2S. The van der Waals surface area contributed by atoms with Gasteiger partial charge in [-0.15, -0.1) is 11.3 Å². The van der Waals surface area contributed by atoms with Gasteiger partial charge in [0.25, 0.3) is 0 Å². The second-order valence-electron chi connectivity index (χ2n) is 4.29. The highest BCUT2D eigenvalue weighted by atomic mass is 32.1. The molecule has 0 saturated carbocycles. The molecule has 19 heavy (non-hydrogen) atoms. The Morgan fingerprint density at radius 2 is 2.11 bits per heavy atom. The molecule has 0 radical (unpaired) electrons. The van der Waals surface area contributed by atoms with E-state index in [0.29, 0.717) is 6.54 Å². The average molecular weight is 279 g/mol. The van der Waals surface area contributed by atoms with E-state index in [1.807, 2.05) is 19.9 Å². The molecule has 0 atom stereocenters. The highest BCUT2D eigenvalue weighted by Crippen LogP contribution is 2.23. The van der Waals surface area contributed by atoms with Crippen LogP contribution in [-0.4, -0.2) is 11.1 Å². The van der Waals surface area contributed by atoms with Crippen molar-refractivity contribution in [2.45, 2.75) is 20.4 Å². The maximum Gasteiger partial charge on any atom is 0.335 e. The third-order valence-corrected chi connectivity index (χ3v) is 3.83. The molecule has 5 heteroatoms. The van der Waals surface area contributed by atoms with Crippen LogP contribution in [0.1, 0.15) is 25.7 Å². The Morgan fingerprint density at radius 1 is 1.37 bits per heavy atom. The minimum atomic E-state index is -1.06. The van der Waals surface area contributed by atoms with E-state index in [2.05, 4.69) is 5.32 Å². The molecule has 3 nitrogen and oxygen atoms in total. The monoisotopic (exact) mass is 279 g/mol. The van der Waals surface area contributed by atoms with Crippen LogP contribution in [0.5, 0.6) is 0 Å². The number of carboxylic acids is 1. The number of thiophene rings is 1. The first-order valence-corrected chi connectivity index (χ1v) is 6.61. The summed E-state index contributed by atoms with van der Waals surface area (Å²) in [7, 11) is 0. The summed E-state index contributed by atoms with van der Waals surface area (Å²) in [6.45, 7) is 4.52. The minimum absolute atomic E-state index is 0.0714. The van der Waals surface area contributed by atoms with E-state index in [1.165, 1.54) is 21.9 Å². The number of rotatable bonds is 4. The molecule has 2 rings (SSSR count). The van der Waals surface area contributed by atoms with E-state index in [1.54, 1.807) is 11.3 Å². The lowest BCUT2D eigenvalue weighted by atomic mass is 10.2. The molecule has 2 N–H and O–H groups in total. The van der Waals surface area contributed by atoms with Crippen molar-refractivity contribution in [3.05, 3.63) is 51.0 Å². The summed E-state index contributed by atoms with van der Waals surface area (Å²) in [5.74, 6) is -1.51. The normalized spacial score (nSPS) is 10.5. The molecule has 0 bridgehead atoms. The number of hydrogen-bond donors (Lipinski definition) is 2. The van der Waals surface area contributed by atoms with Gasteiger partial charge in [-0.25, -0.2) is 9.18 Å². The fraction of sp³-hybridized carbons (Fsp3) is 0.214. The second kappa shape index (κ2) is 5.40. The van der Waals surface area contributed by atoms with Gasteiger partial charge in [0.2, 0.25) is 0 Å². The summed E-state index contributed by atoms with van der Waals surface area (Å²) >= 11 is 1.69. The van der Waals surface area contributed by atoms with Crippen molar-refractivity contribution in [2.75, 3.05) is 5.32 Å². The molecule has 0 spiro atoms. The zero-order chi connectivity index (χ0) is 14.0. The number of carboxylic acid groups (broad SMARTS) is 1. The van der Waals surface area contributed by atoms with Crippen LogP contribution in [0.25, 0.3) is 0 Å². The molecular weight excluding hydrogens is 265 g/mol. The van der Waals surface area contributed by atoms with Gasteiger partial charge in [0.15, 0.2) is 0 Å². The Hall–Kier alpha value is -1.88. The van der Waals surface area contributed by atoms with Crippen molar-refractivity contribution in [1.29, 1.82) is 0 Å². The zero-order valence-electron chi connectivity index (χ0n) is 10.7. The predicted molar refractivity (Wildman–Crippen MR) is 74.5 cm³/mol. The van der Waals surface area contributed by atoms with Crippen LogP contribution in [0.4, 0.5) is 10.1 Å². The van der Waals surface area contributed by atoms with Crippen LogP contribution in [0.2, 0.25) is 0 Å². The van der Waals surface area contributed by atoms with E-state index in [0.717, 1.165) is 11.6 Å². The van der Waals surface area contributed by atoms with Gasteiger partial charge in [0.1, 0.15) is 5.82 Å². The Balaban J connectivity index is 2.17. The van der Waals surface area contributed by atoms with Gasteiger partial charge in [-0.3, -0.25) is 0 Å². The van der Waals surface area contributed by atoms with Crippen LogP contribution in [0.15, 0.2) is 24.3 Å². The van der Waals surface area contributed by atoms with Crippen LogP contribution in [0, 0.1) is 19.7 Å². The topological polar surface area (TPSA) is 49.3 Å². The number of anilines is 1. The first kappa shape index (κ1) is 13.5. The van der Waals surface area contributed by atoms with E-state index in [9.17, 15) is 9.18 Å². The Kier molecular flexibility index (Phi) is 3.85. The van der Waals surface area contributed by atoms with Crippen molar-refractivity contribution in [3.63, 3.8) is 0 Å². The summed E-state index contributed by atoms with van der Waals surface area (Å²) in [5, 5.41) is 11.8. The molecule has 0 fully saturated rings. The molecule has 0 aliphatic heterocycles. The largest absolute Gasteiger partial charge is 0.478 e. The summed E-state index contributed by atoms with van der Waals surface area (Å²) in [5.41, 5.74) is 1.38. The van der Waals surface area contributed by atoms with Crippen molar-refractivity contribution < 1.29 is 14.3 Å². The summed E-state index contributed by atoms with van der Waals surface area (Å²) in [4.78, 5) is 13.2. The number of aromatic carboxylic acids is 1. The van der Waals surface area contributed by atoms with Crippen molar-refractivity contribution in [2.24, 2.45) is 0 Å². The SMILES string of the molecule is Cc1cc(CNc2cc(C(=O)O)ccc2F)c(C)s1. The molecule has 0 saturated heterocycles. The summed E-state index contributed by atoms with van der Waals surface area (Å²) in [6, 6.07) is 5.78. The molecule has 1 aromatic carbocycles. The van der Waals surface area contributed by atoms with Crippen molar-refractivity contribution in [3.8, 4) is 0 Å². The lowest BCUT2D eigenvalue weighted by molar-refractivity contribution is 0.0697. The highest BCUT2D eigenvalue weighted by Gasteiger charge is 2.09. The third kappa shape index (κ3) is 3.12. The fourth-order valence-corrected chi connectivity index (χ4v) is 2.79. The van der Waals surface area contributed by atoms with Crippen molar-refractivity contribution in [1.82, 2.24) is 0 Å². The van der Waals surface area contributed by atoms with Crippen LogP contribution in [-0.2, 0) is 6.54 Å². The number of aryl methyl sites for hydroxylation is 2. The van der Waals surface area contributed by atoms with E-state index in [-0.39, 0.29) is 11.3 Å². The zero-order valence-corrected chi connectivity index (χ0v) is 11.5. The third-order valence-electron chi connectivity index (χ3n) is 2.83. The van der Waals surface area contributed by atoms with Crippen LogP contribution < -0.4 is 5.32 Å². The first-order valence-electron chi connectivity index (χ1n) is 5.80. The minimum Gasteiger partial charge on any atom is -0.478 e. The smallest absolute Gasteiger partial charge is 0.335 e. The Morgan fingerprint density at radius 3 is 2.68 bits per heavy atom. The van der Waals surface area contributed by atoms with Gasteiger partial charge in [-0.2, -0.15) is 0 Å². The molecule has 0 unspecified atom stereocenters. The van der Waals surface area contributed by atoms with E-state index in [4.69, 9.17) is 5.11 Å². The van der Waals surface area contributed by atoms with Gasteiger partial charge in [0.05, 0.1) is 11.3 Å². The maximum atomic E-state index is 13.6. The Labute approximate surface area is 114 Å². The fourth-order valence-electron chi connectivity index (χ4n) is 1.84. The van der Waals surface area contributed by atoms with Gasteiger partial charge >= 0.3 is 5.97 Å². The number of benzene rings is 1. The quantitative estimate of drug-likeness (QED) is 0.894. The lowest BCUT2D eigenvalue weighted by Gasteiger charge is -2.08. The van der Waals surface area contributed by atoms with Gasteiger partial charge in [0, 0.05) is 16.3 Å². The average Bonchev–Trinajstić information content (AvgIpc) is 2.66. The first-order chi connectivity index (χ1) is 8.97. The second-order valence-corrected chi connectivity index (χ2v) is 5.75. The van der Waals surface area contributed by atoms with Gasteiger partial charge in [-0.1, -0.05) is 0 Å². The number of nitrogens with one attached hydrogen (secondary N) is 1. The van der Waals surface area contributed by atoms with Gasteiger partial charge < -0.3 is 10.4 Å². The predicted octanol–water partition coefficient (Wildman–Crippen LogP) is 3.81. The number of carbonyl (C=O) groups is 1. The molecule has 0 amide bonds.